The highest BCUT2D eigenvalue weighted by atomic mass is 32.1. The SMILES string of the molecule is O=C(NCC1(c2cccs2)CCOCC1)C1CCC1. The van der Waals surface area contributed by atoms with Crippen molar-refractivity contribution < 1.29 is 9.53 Å². The van der Waals surface area contributed by atoms with E-state index < -0.39 is 0 Å². The van der Waals surface area contributed by atoms with Crippen LogP contribution in [0.4, 0.5) is 0 Å². The Bertz CT molecular complexity index is 419. The lowest BCUT2D eigenvalue weighted by Crippen LogP contribution is -2.46. The molecule has 19 heavy (non-hydrogen) atoms. The van der Waals surface area contributed by atoms with Crippen LogP contribution >= 0.6 is 11.3 Å². The molecule has 1 amide bonds. The van der Waals surface area contributed by atoms with Gasteiger partial charge in [0.2, 0.25) is 5.91 Å². The first-order valence-corrected chi connectivity index (χ1v) is 8.08. The predicted molar refractivity (Wildman–Crippen MR) is 76.4 cm³/mol. The molecule has 1 N–H and O–H groups in total. The fourth-order valence-corrected chi connectivity index (χ4v) is 3.91. The van der Waals surface area contributed by atoms with Crippen molar-refractivity contribution in [2.45, 2.75) is 37.5 Å². The molecule has 1 aromatic rings. The van der Waals surface area contributed by atoms with Crippen LogP contribution < -0.4 is 5.32 Å². The van der Waals surface area contributed by atoms with Gasteiger partial charge in [0.05, 0.1) is 0 Å². The topological polar surface area (TPSA) is 38.3 Å². The quantitative estimate of drug-likeness (QED) is 0.920. The maximum absolute atomic E-state index is 12.0. The molecule has 3 nitrogen and oxygen atoms in total. The Morgan fingerprint density at radius 1 is 1.42 bits per heavy atom. The Balaban J connectivity index is 1.67. The normalized spacial score (nSPS) is 22.7. The van der Waals surface area contributed by atoms with Gasteiger partial charge in [-0.05, 0) is 37.1 Å². The van der Waals surface area contributed by atoms with Crippen molar-refractivity contribution in [1.29, 1.82) is 0 Å². The van der Waals surface area contributed by atoms with Crippen molar-refractivity contribution in [3.8, 4) is 0 Å². The van der Waals surface area contributed by atoms with E-state index in [0.29, 0.717) is 0 Å². The fourth-order valence-electron chi connectivity index (χ4n) is 2.92. The second-order valence-corrected chi connectivity index (χ2v) is 6.66. The van der Waals surface area contributed by atoms with Crippen LogP contribution in [0.2, 0.25) is 0 Å². The van der Waals surface area contributed by atoms with Crippen LogP contribution in [0.3, 0.4) is 0 Å². The maximum Gasteiger partial charge on any atom is 0.223 e. The van der Waals surface area contributed by atoms with Gasteiger partial charge >= 0.3 is 0 Å². The van der Waals surface area contributed by atoms with Crippen molar-refractivity contribution in [3.05, 3.63) is 22.4 Å². The number of nitrogens with one attached hydrogen (secondary N) is 1. The number of ether oxygens (including phenoxy) is 1. The predicted octanol–water partition coefficient (Wildman–Crippen LogP) is 2.71. The lowest BCUT2D eigenvalue weighted by molar-refractivity contribution is -0.127. The Morgan fingerprint density at radius 2 is 2.21 bits per heavy atom. The zero-order valence-electron chi connectivity index (χ0n) is 11.2. The van der Waals surface area contributed by atoms with E-state index in [1.54, 1.807) is 11.3 Å². The van der Waals surface area contributed by atoms with Crippen molar-refractivity contribution >= 4 is 17.2 Å². The first-order chi connectivity index (χ1) is 9.30. The van der Waals surface area contributed by atoms with Gasteiger partial charge in [-0.25, -0.2) is 0 Å². The highest BCUT2D eigenvalue weighted by molar-refractivity contribution is 7.10. The molecular weight excluding hydrogens is 258 g/mol. The smallest absolute Gasteiger partial charge is 0.223 e. The summed E-state index contributed by atoms with van der Waals surface area (Å²) in [5.41, 5.74) is 0.103. The van der Waals surface area contributed by atoms with E-state index in [0.717, 1.165) is 45.4 Å². The number of amides is 1. The van der Waals surface area contributed by atoms with Crippen molar-refractivity contribution in [1.82, 2.24) is 5.32 Å². The third-order valence-corrected chi connectivity index (χ3v) is 5.69. The lowest BCUT2D eigenvalue weighted by atomic mass is 9.78. The summed E-state index contributed by atoms with van der Waals surface area (Å²) in [6.45, 7) is 2.38. The summed E-state index contributed by atoms with van der Waals surface area (Å²) in [7, 11) is 0. The highest BCUT2D eigenvalue weighted by Gasteiger charge is 2.36. The van der Waals surface area contributed by atoms with Crippen LogP contribution in [0.15, 0.2) is 17.5 Å². The lowest BCUT2D eigenvalue weighted by Gasteiger charge is -2.37. The van der Waals surface area contributed by atoms with Crippen LogP contribution in [-0.2, 0) is 14.9 Å². The van der Waals surface area contributed by atoms with Crippen LogP contribution in [-0.4, -0.2) is 25.7 Å². The largest absolute Gasteiger partial charge is 0.381 e. The van der Waals surface area contributed by atoms with Crippen LogP contribution in [0.5, 0.6) is 0 Å². The highest BCUT2D eigenvalue weighted by Crippen LogP contribution is 2.37. The fraction of sp³-hybridized carbons (Fsp3) is 0.667. The van der Waals surface area contributed by atoms with Gasteiger partial charge < -0.3 is 10.1 Å². The third kappa shape index (κ3) is 2.70. The minimum Gasteiger partial charge on any atom is -0.381 e. The van der Waals surface area contributed by atoms with Crippen LogP contribution in [0, 0.1) is 5.92 Å². The molecule has 2 heterocycles. The van der Waals surface area contributed by atoms with Crippen molar-refractivity contribution in [2.24, 2.45) is 5.92 Å². The Labute approximate surface area is 118 Å². The molecule has 3 rings (SSSR count). The molecule has 0 radical (unpaired) electrons. The molecule has 1 aliphatic carbocycles. The van der Waals surface area contributed by atoms with E-state index in [4.69, 9.17) is 4.74 Å². The van der Waals surface area contributed by atoms with Crippen LogP contribution in [0.1, 0.15) is 37.0 Å². The van der Waals surface area contributed by atoms with E-state index in [2.05, 4.69) is 22.8 Å². The summed E-state index contributed by atoms with van der Waals surface area (Å²) in [4.78, 5) is 13.4. The third-order valence-electron chi connectivity index (χ3n) is 4.57. The van der Waals surface area contributed by atoms with E-state index >= 15 is 0 Å². The number of carbonyl (C=O) groups excluding carboxylic acids is 1. The summed E-state index contributed by atoms with van der Waals surface area (Å²) in [6.07, 6.45) is 5.38. The molecular formula is C15H21NO2S. The summed E-state index contributed by atoms with van der Waals surface area (Å²) in [5, 5.41) is 5.32. The summed E-state index contributed by atoms with van der Waals surface area (Å²) < 4.78 is 5.50. The zero-order valence-corrected chi connectivity index (χ0v) is 12.0. The van der Waals surface area contributed by atoms with Gasteiger partial charge in [-0.2, -0.15) is 0 Å². The molecule has 1 saturated carbocycles. The van der Waals surface area contributed by atoms with Gasteiger partial charge in [-0.3, -0.25) is 4.79 Å². The number of rotatable bonds is 4. The first-order valence-electron chi connectivity index (χ1n) is 7.20. The van der Waals surface area contributed by atoms with Gasteiger partial charge in [-0.15, -0.1) is 11.3 Å². The second-order valence-electron chi connectivity index (χ2n) is 5.72. The molecule has 0 atom stereocenters. The van der Waals surface area contributed by atoms with E-state index in [1.165, 1.54) is 11.3 Å². The van der Waals surface area contributed by atoms with Gasteiger partial charge in [0.15, 0.2) is 0 Å². The summed E-state index contributed by atoms with van der Waals surface area (Å²) in [6, 6.07) is 4.30. The molecule has 1 aliphatic heterocycles. The van der Waals surface area contributed by atoms with E-state index in [-0.39, 0.29) is 17.2 Å². The summed E-state index contributed by atoms with van der Waals surface area (Å²) >= 11 is 1.80. The number of hydrogen-bond donors (Lipinski definition) is 1. The number of carbonyl (C=O) groups is 1. The van der Waals surface area contributed by atoms with E-state index in [9.17, 15) is 4.79 Å². The van der Waals surface area contributed by atoms with Gasteiger partial charge in [0.25, 0.3) is 0 Å². The van der Waals surface area contributed by atoms with Gasteiger partial charge in [-0.1, -0.05) is 12.5 Å². The molecule has 0 spiro atoms. The molecule has 2 fully saturated rings. The number of hydrogen-bond acceptors (Lipinski definition) is 3. The standard InChI is InChI=1S/C15H21NO2S/c17-14(12-3-1-4-12)16-11-15(6-8-18-9-7-15)13-5-2-10-19-13/h2,5,10,12H,1,3-4,6-9,11H2,(H,16,17). The van der Waals surface area contributed by atoms with Crippen molar-refractivity contribution in [2.75, 3.05) is 19.8 Å². The Kier molecular flexibility index (Phi) is 3.89. The molecule has 1 aromatic heterocycles. The minimum atomic E-state index is 0.103. The molecule has 1 saturated heterocycles. The van der Waals surface area contributed by atoms with Crippen molar-refractivity contribution in [3.63, 3.8) is 0 Å². The molecule has 0 unspecified atom stereocenters. The summed E-state index contributed by atoms with van der Waals surface area (Å²) in [5.74, 6) is 0.536. The zero-order chi connectivity index (χ0) is 13.1. The van der Waals surface area contributed by atoms with Crippen LogP contribution in [0.25, 0.3) is 0 Å². The molecule has 104 valence electrons. The molecule has 2 aliphatic rings. The van der Waals surface area contributed by atoms with Gasteiger partial charge in [0.1, 0.15) is 0 Å². The average Bonchev–Trinajstić information content (AvgIpc) is 2.90. The molecule has 0 bridgehead atoms. The second kappa shape index (κ2) is 5.63. The minimum absolute atomic E-state index is 0.103. The first kappa shape index (κ1) is 13.1. The Hall–Kier alpha value is -0.870. The molecule has 0 aromatic carbocycles. The van der Waals surface area contributed by atoms with Gasteiger partial charge in [0, 0.05) is 36.0 Å². The monoisotopic (exact) mass is 279 g/mol. The number of thiophene rings is 1. The average molecular weight is 279 g/mol. The maximum atomic E-state index is 12.0. The molecule has 4 heteroatoms. The van der Waals surface area contributed by atoms with E-state index in [1.807, 2.05) is 0 Å². The Morgan fingerprint density at radius 3 is 2.79 bits per heavy atom.